The molecule has 1 aromatic carbocycles. The third-order valence-corrected chi connectivity index (χ3v) is 2.52. The van der Waals surface area contributed by atoms with Crippen LogP contribution < -0.4 is 0 Å². The highest BCUT2D eigenvalue weighted by molar-refractivity contribution is 5.83. The fraction of sp³-hybridized carbons (Fsp3) is 0.385. The van der Waals surface area contributed by atoms with Gasteiger partial charge in [0.05, 0.1) is 13.5 Å². The molecule has 3 nitrogen and oxygen atoms in total. The van der Waals surface area contributed by atoms with E-state index in [9.17, 15) is 18.4 Å². The predicted octanol–water partition coefficient (Wildman–Crippen LogP) is 2.42. The number of benzene rings is 1. The summed E-state index contributed by atoms with van der Waals surface area (Å²) < 4.78 is 30.3. The Hall–Kier alpha value is -1.78. The lowest BCUT2D eigenvalue weighted by Crippen LogP contribution is -2.07. The molecule has 18 heavy (non-hydrogen) atoms. The minimum Gasteiger partial charge on any atom is -0.469 e. The van der Waals surface area contributed by atoms with Gasteiger partial charge in [0.25, 0.3) is 0 Å². The van der Waals surface area contributed by atoms with Crippen molar-refractivity contribution >= 4 is 11.8 Å². The Bertz CT molecular complexity index is 444. The molecule has 5 heteroatoms. The number of carbonyl (C=O) groups is 2. The number of hydrogen-bond acceptors (Lipinski definition) is 3. The van der Waals surface area contributed by atoms with Crippen LogP contribution >= 0.6 is 0 Å². The van der Waals surface area contributed by atoms with Crippen LogP contribution in [0.3, 0.4) is 0 Å². The van der Waals surface area contributed by atoms with E-state index in [1.165, 1.54) is 13.2 Å². The molecule has 0 aromatic heterocycles. The molecule has 0 aliphatic carbocycles. The molecule has 1 aromatic rings. The van der Waals surface area contributed by atoms with Gasteiger partial charge in [0.1, 0.15) is 17.4 Å². The van der Waals surface area contributed by atoms with Crippen LogP contribution in [0.25, 0.3) is 0 Å². The second-order valence-corrected chi connectivity index (χ2v) is 3.85. The van der Waals surface area contributed by atoms with Gasteiger partial charge in [-0.25, -0.2) is 8.78 Å². The zero-order chi connectivity index (χ0) is 13.5. The van der Waals surface area contributed by atoms with Crippen molar-refractivity contribution in [2.45, 2.75) is 25.7 Å². The second-order valence-electron chi connectivity index (χ2n) is 3.85. The van der Waals surface area contributed by atoms with Crippen LogP contribution in [0.2, 0.25) is 0 Å². The lowest BCUT2D eigenvalue weighted by atomic mass is 10.0. The fourth-order valence-electron chi connectivity index (χ4n) is 1.47. The highest BCUT2D eigenvalue weighted by Crippen LogP contribution is 2.12. The Kier molecular flexibility index (Phi) is 5.42. The van der Waals surface area contributed by atoms with Gasteiger partial charge in [0, 0.05) is 18.9 Å². The molecule has 0 spiro atoms. The molecule has 0 unspecified atom stereocenters. The summed E-state index contributed by atoms with van der Waals surface area (Å²) in [6.45, 7) is 0. The Morgan fingerprint density at radius 1 is 1.17 bits per heavy atom. The standard InChI is InChI=1S/C13H14F2O3/c1-18-13(17)7-6-11(16)5-3-9-2-4-10(14)8-12(9)15/h2,4,8H,3,5-7H2,1H3. The average molecular weight is 256 g/mol. The van der Waals surface area contributed by atoms with E-state index in [1.54, 1.807) is 0 Å². The third-order valence-electron chi connectivity index (χ3n) is 2.52. The number of methoxy groups -OCH3 is 1. The molecular weight excluding hydrogens is 242 g/mol. The van der Waals surface area contributed by atoms with Gasteiger partial charge in [-0.2, -0.15) is 0 Å². The van der Waals surface area contributed by atoms with E-state index >= 15 is 0 Å². The number of carbonyl (C=O) groups excluding carboxylic acids is 2. The van der Waals surface area contributed by atoms with E-state index in [4.69, 9.17) is 0 Å². The van der Waals surface area contributed by atoms with Crippen LogP contribution in [0.15, 0.2) is 18.2 Å². The number of esters is 1. The van der Waals surface area contributed by atoms with Gasteiger partial charge in [0.15, 0.2) is 0 Å². The first-order valence-corrected chi connectivity index (χ1v) is 5.55. The van der Waals surface area contributed by atoms with Crippen LogP contribution in [-0.4, -0.2) is 18.9 Å². The SMILES string of the molecule is COC(=O)CCC(=O)CCc1ccc(F)cc1F. The summed E-state index contributed by atoms with van der Waals surface area (Å²) >= 11 is 0. The molecule has 0 aliphatic rings. The van der Waals surface area contributed by atoms with E-state index in [1.807, 2.05) is 0 Å². The van der Waals surface area contributed by atoms with Crippen LogP contribution in [-0.2, 0) is 20.7 Å². The number of aryl methyl sites for hydroxylation is 1. The lowest BCUT2D eigenvalue weighted by Gasteiger charge is -2.03. The van der Waals surface area contributed by atoms with Crippen molar-refractivity contribution < 1.29 is 23.1 Å². The van der Waals surface area contributed by atoms with Gasteiger partial charge >= 0.3 is 5.97 Å². The largest absolute Gasteiger partial charge is 0.469 e. The Labute approximate surface area is 104 Å². The van der Waals surface area contributed by atoms with Crippen molar-refractivity contribution in [1.29, 1.82) is 0 Å². The molecule has 0 saturated carbocycles. The van der Waals surface area contributed by atoms with Crippen LogP contribution in [0.1, 0.15) is 24.8 Å². The first-order chi connectivity index (χ1) is 8.52. The maximum atomic E-state index is 13.2. The van der Waals surface area contributed by atoms with E-state index in [2.05, 4.69) is 4.74 Å². The fourth-order valence-corrected chi connectivity index (χ4v) is 1.47. The Balaban J connectivity index is 2.40. The molecule has 0 radical (unpaired) electrons. The van der Waals surface area contributed by atoms with Crippen LogP contribution in [0, 0.1) is 11.6 Å². The highest BCUT2D eigenvalue weighted by atomic mass is 19.1. The summed E-state index contributed by atoms with van der Waals surface area (Å²) in [6, 6.07) is 3.25. The number of ketones is 1. The van der Waals surface area contributed by atoms with Crippen molar-refractivity contribution in [2.24, 2.45) is 0 Å². The van der Waals surface area contributed by atoms with Crippen molar-refractivity contribution in [3.05, 3.63) is 35.4 Å². The molecule has 0 fully saturated rings. The summed E-state index contributed by atoms with van der Waals surface area (Å²) in [4.78, 5) is 22.2. The average Bonchev–Trinajstić information content (AvgIpc) is 2.34. The summed E-state index contributed by atoms with van der Waals surface area (Å²) in [5, 5.41) is 0. The number of rotatable bonds is 6. The van der Waals surface area contributed by atoms with Gasteiger partial charge in [-0.3, -0.25) is 9.59 Å². The van der Waals surface area contributed by atoms with Gasteiger partial charge in [-0.15, -0.1) is 0 Å². The topological polar surface area (TPSA) is 43.4 Å². The normalized spacial score (nSPS) is 10.2. The van der Waals surface area contributed by atoms with Gasteiger partial charge in [0.2, 0.25) is 0 Å². The zero-order valence-electron chi connectivity index (χ0n) is 10.0. The number of halogens is 2. The van der Waals surface area contributed by atoms with E-state index in [0.29, 0.717) is 5.56 Å². The molecule has 1 rings (SSSR count). The van der Waals surface area contributed by atoms with Crippen molar-refractivity contribution in [3.8, 4) is 0 Å². The minimum atomic E-state index is -0.657. The molecule has 0 heterocycles. The molecule has 98 valence electrons. The summed E-state index contributed by atoms with van der Waals surface area (Å²) in [5.74, 6) is -1.90. The monoisotopic (exact) mass is 256 g/mol. The van der Waals surface area contributed by atoms with Crippen LogP contribution in [0.4, 0.5) is 8.78 Å². The predicted molar refractivity (Wildman–Crippen MR) is 60.9 cm³/mol. The summed E-state index contributed by atoms with van der Waals surface area (Å²) in [7, 11) is 1.25. The first kappa shape index (κ1) is 14.3. The Morgan fingerprint density at radius 3 is 2.50 bits per heavy atom. The second kappa shape index (κ2) is 6.83. The maximum absolute atomic E-state index is 13.2. The van der Waals surface area contributed by atoms with Gasteiger partial charge in [-0.05, 0) is 18.1 Å². The summed E-state index contributed by atoms with van der Waals surface area (Å²) in [5.41, 5.74) is 0.294. The number of ether oxygens (including phenoxy) is 1. The van der Waals surface area contributed by atoms with Crippen molar-refractivity contribution in [1.82, 2.24) is 0 Å². The van der Waals surface area contributed by atoms with E-state index in [-0.39, 0.29) is 31.5 Å². The highest BCUT2D eigenvalue weighted by Gasteiger charge is 2.09. The molecule has 0 N–H and O–H groups in total. The lowest BCUT2D eigenvalue weighted by molar-refractivity contribution is -0.141. The minimum absolute atomic E-state index is 0.0290. The number of Topliss-reactive ketones (excluding diaryl/α,β-unsaturated/α-hetero) is 1. The molecular formula is C13H14F2O3. The Morgan fingerprint density at radius 2 is 1.89 bits per heavy atom. The quantitative estimate of drug-likeness (QED) is 0.734. The summed E-state index contributed by atoms with van der Waals surface area (Å²) in [6.07, 6.45) is 0.433. The zero-order valence-corrected chi connectivity index (χ0v) is 10.0. The molecule has 0 saturated heterocycles. The van der Waals surface area contributed by atoms with Crippen LogP contribution in [0.5, 0.6) is 0 Å². The van der Waals surface area contributed by atoms with Crippen molar-refractivity contribution in [2.75, 3.05) is 7.11 Å². The van der Waals surface area contributed by atoms with Crippen molar-refractivity contribution in [3.63, 3.8) is 0 Å². The first-order valence-electron chi connectivity index (χ1n) is 5.55. The van der Waals surface area contributed by atoms with Gasteiger partial charge < -0.3 is 4.74 Å². The van der Waals surface area contributed by atoms with E-state index < -0.39 is 17.6 Å². The van der Waals surface area contributed by atoms with E-state index in [0.717, 1.165) is 12.1 Å². The smallest absolute Gasteiger partial charge is 0.305 e. The molecule has 0 atom stereocenters. The molecule has 0 aliphatic heterocycles. The maximum Gasteiger partial charge on any atom is 0.305 e. The number of hydrogen-bond donors (Lipinski definition) is 0. The van der Waals surface area contributed by atoms with Gasteiger partial charge in [-0.1, -0.05) is 6.07 Å². The third kappa shape index (κ3) is 4.61. The molecule has 0 bridgehead atoms. The molecule has 0 amide bonds.